The molecule has 1 amide bonds. The van der Waals surface area contributed by atoms with E-state index in [9.17, 15) is 9.90 Å². The van der Waals surface area contributed by atoms with E-state index in [1.165, 1.54) is 0 Å². The first-order valence-corrected chi connectivity index (χ1v) is 6.31. The summed E-state index contributed by atoms with van der Waals surface area (Å²) in [6.45, 7) is 4.25. The normalized spacial score (nSPS) is 24.3. The number of hydrogen-bond donors (Lipinski definition) is 2. The largest absolute Gasteiger partial charge is 0.391 e. The van der Waals surface area contributed by atoms with E-state index in [4.69, 9.17) is 5.73 Å². The lowest BCUT2D eigenvalue weighted by Crippen LogP contribution is -2.45. The van der Waals surface area contributed by atoms with Gasteiger partial charge in [-0.2, -0.15) is 0 Å². The van der Waals surface area contributed by atoms with Crippen LogP contribution in [0.2, 0.25) is 0 Å². The van der Waals surface area contributed by atoms with Gasteiger partial charge in [-0.25, -0.2) is 4.98 Å². The van der Waals surface area contributed by atoms with Crippen molar-refractivity contribution in [3.8, 4) is 0 Å². The number of imidazole rings is 1. The van der Waals surface area contributed by atoms with Gasteiger partial charge in [0.2, 0.25) is 0 Å². The third-order valence-corrected chi connectivity index (χ3v) is 3.45. The summed E-state index contributed by atoms with van der Waals surface area (Å²) in [5, 5.41) is 9.80. The second-order valence-electron chi connectivity index (χ2n) is 4.87. The molecule has 1 aromatic rings. The van der Waals surface area contributed by atoms with Gasteiger partial charge < -0.3 is 20.3 Å². The average Bonchev–Trinajstić information content (AvgIpc) is 2.81. The van der Waals surface area contributed by atoms with Crippen molar-refractivity contribution in [3.05, 3.63) is 18.2 Å². The molecular formula is C12H20N4O2. The molecule has 6 nitrogen and oxygen atoms in total. The van der Waals surface area contributed by atoms with Crippen LogP contribution in [0.1, 0.15) is 23.8 Å². The fourth-order valence-electron chi connectivity index (χ4n) is 2.14. The molecular weight excluding hydrogens is 232 g/mol. The van der Waals surface area contributed by atoms with Gasteiger partial charge in [0.15, 0.2) is 0 Å². The van der Waals surface area contributed by atoms with Gasteiger partial charge in [0, 0.05) is 32.4 Å². The molecule has 2 unspecified atom stereocenters. The number of rotatable bonds is 3. The van der Waals surface area contributed by atoms with Crippen LogP contribution in [0, 0.1) is 5.92 Å². The van der Waals surface area contributed by atoms with Crippen molar-refractivity contribution in [2.75, 3.05) is 19.6 Å². The van der Waals surface area contributed by atoms with Crippen LogP contribution in [-0.4, -0.2) is 51.2 Å². The summed E-state index contributed by atoms with van der Waals surface area (Å²) in [7, 11) is 0. The third kappa shape index (κ3) is 2.70. The molecule has 0 aliphatic carbocycles. The lowest BCUT2D eigenvalue weighted by Gasteiger charge is -2.33. The van der Waals surface area contributed by atoms with Crippen LogP contribution in [0.5, 0.6) is 0 Å². The van der Waals surface area contributed by atoms with Gasteiger partial charge in [0.25, 0.3) is 5.91 Å². The predicted molar refractivity (Wildman–Crippen MR) is 67.0 cm³/mol. The molecule has 1 aromatic heterocycles. The minimum Gasteiger partial charge on any atom is -0.391 e. The summed E-state index contributed by atoms with van der Waals surface area (Å²) in [6.07, 6.45) is 3.72. The quantitative estimate of drug-likeness (QED) is 0.772. The highest BCUT2D eigenvalue weighted by molar-refractivity contribution is 5.92. The summed E-state index contributed by atoms with van der Waals surface area (Å²) >= 11 is 0. The second-order valence-corrected chi connectivity index (χ2v) is 4.87. The first-order valence-electron chi connectivity index (χ1n) is 6.31. The van der Waals surface area contributed by atoms with Crippen molar-refractivity contribution in [1.29, 1.82) is 0 Å². The van der Waals surface area contributed by atoms with Crippen LogP contribution in [0.25, 0.3) is 0 Å². The van der Waals surface area contributed by atoms with Crippen molar-refractivity contribution >= 4 is 5.91 Å². The Morgan fingerprint density at radius 1 is 1.67 bits per heavy atom. The van der Waals surface area contributed by atoms with Crippen molar-refractivity contribution in [1.82, 2.24) is 14.5 Å². The minimum absolute atomic E-state index is 0.114. The predicted octanol–water partition coefficient (Wildman–Crippen LogP) is -0.315. The molecule has 1 aliphatic heterocycles. The second kappa shape index (κ2) is 5.49. The number of carbonyl (C=O) groups is 1. The van der Waals surface area contributed by atoms with Crippen LogP contribution < -0.4 is 5.73 Å². The maximum atomic E-state index is 12.2. The van der Waals surface area contributed by atoms with Crippen molar-refractivity contribution in [2.45, 2.75) is 26.0 Å². The zero-order valence-electron chi connectivity index (χ0n) is 10.6. The van der Waals surface area contributed by atoms with Gasteiger partial charge in [-0.1, -0.05) is 6.92 Å². The maximum Gasteiger partial charge on any atom is 0.274 e. The lowest BCUT2D eigenvalue weighted by molar-refractivity contribution is 0.0245. The van der Waals surface area contributed by atoms with Crippen LogP contribution >= 0.6 is 0 Å². The summed E-state index contributed by atoms with van der Waals surface area (Å²) < 4.78 is 1.80. The van der Waals surface area contributed by atoms with Gasteiger partial charge in [0.1, 0.15) is 5.69 Å². The fourth-order valence-corrected chi connectivity index (χ4v) is 2.14. The SMILES string of the molecule is CC1CCN(C(=O)c2cn(CCN)cn2)CC1O. The molecule has 1 fully saturated rings. The Balaban J connectivity index is 2.02. The lowest BCUT2D eigenvalue weighted by atomic mass is 9.96. The topological polar surface area (TPSA) is 84.4 Å². The number of carbonyl (C=O) groups excluding carboxylic acids is 1. The third-order valence-electron chi connectivity index (χ3n) is 3.45. The van der Waals surface area contributed by atoms with E-state index in [-0.39, 0.29) is 11.8 Å². The maximum absolute atomic E-state index is 12.2. The standard InChI is InChI=1S/C12H20N4O2/c1-9-2-4-16(7-11(9)17)12(18)10-6-15(5-3-13)8-14-10/h6,8-9,11,17H,2-5,7,13H2,1H3. The Labute approximate surface area is 106 Å². The van der Waals surface area contributed by atoms with E-state index in [1.807, 2.05) is 6.92 Å². The number of nitrogens with zero attached hydrogens (tertiary/aromatic N) is 3. The van der Waals surface area contributed by atoms with Crippen LogP contribution in [0.15, 0.2) is 12.5 Å². The van der Waals surface area contributed by atoms with Gasteiger partial charge in [0.05, 0.1) is 12.4 Å². The molecule has 2 heterocycles. The number of likely N-dealkylation sites (tertiary alicyclic amines) is 1. The molecule has 6 heteroatoms. The van der Waals surface area contributed by atoms with Crippen LogP contribution in [0.3, 0.4) is 0 Å². The number of aliphatic hydroxyl groups excluding tert-OH is 1. The Hall–Kier alpha value is -1.40. The van der Waals surface area contributed by atoms with E-state index < -0.39 is 6.10 Å². The molecule has 100 valence electrons. The van der Waals surface area contributed by atoms with E-state index in [2.05, 4.69) is 4.98 Å². The van der Waals surface area contributed by atoms with E-state index in [0.29, 0.717) is 31.9 Å². The molecule has 1 aliphatic rings. The van der Waals surface area contributed by atoms with Crippen LogP contribution in [0.4, 0.5) is 0 Å². The molecule has 0 saturated carbocycles. The highest BCUT2D eigenvalue weighted by Gasteiger charge is 2.28. The Morgan fingerprint density at radius 3 is 3.11 bits per heavy atom. The Bertz CT molecular complexity index is 418. The first kappa shape index (κ1) is 13.0. The first-order chi connectivity index (χ1) is 8.61. The smallest absolute Gasteiger partial charge is 0.274 e. The zero-order chi connectivity index (χ0) is 13.1. The molecule has 3 N–H and O–H groups in total. The fraction of sp³-hybridized carbons (Fsp3) is 0.667. The number of aromatic nitrogens is 2. The summed E-state index contributed by atoms with van der Waals surface area (Å²) in [5.41, 5.74) is 5.87. The number of nitrogens with two attached hydrogens (primary N) is 1. The van der Waals surface area contributed by atoms with Crippen molar-refractivity contribution in [2.24, 2.45) is 11.7 Å². The molecule has 0 aromatic carbocycles. The zero-order valence-corrected chi connectivity index (χ0v) is 10.6. The number of β-amino-alcohol motifs (C(OH)–C–C–N with tert-alkyl or cyclic N) is 1. The van der Waals surface area contributed by atoms with Gasteiger partial charge in [-0.15, -0.1) is 0 Å². The molecule has 0 spiro atoms. The van der Waals surface area contributed by atoms with Gasteiger partial charge in [-0.05, 0) is 12.3 Å². The molecule has 18 heavy (non-hydrogen) atoms. The molecule has 2 atom stereocenters. The van der Waals surface area contributed by atoms with Gasteiger partial charge >= 0.3 is 0 Å². The highest BCUT2D eigenvalue weighted by Crippen LogP contribution is 2.18. The number of hydrogen-bond acceptors (Lipinski definition) is 4. The van der Waals surface area contributed by atoms with Crippen LogP contribution in [-0.2, 0) is 6.54 Å². The van der Waals surface area contributed by atoms with E-state index >= 15 is 0 Å². The number of aliphatic hydroxyl groups is 1. The summed E-state index contributed by atoms with van der Waals surface area (Å²) in [5.74, 6) is 0.139. The van der Waals surface area contributed by atoms with Crippen molar-refractivity contribution in [3.63, 3.8) is 0 Å². The Kier molecular flexibility index (Phi) is 3.98. The average molecular weight is 252 g/mol. The summed E-state index contributed by atoms with van der Waals surface area (Å²) in [6, 6.07) is 0. The van der Waals surface area contributed by atoms with E-state index in [0.717, 1.165) is 6.42 Å². The highest BCUT2D eigenvalue weighted by atomic mass is 16.3. The number of piperidine rings is 1. The number of amides is 1. The van der Waals surface area contributed by atoms with E-state index in [1.54, 1.807) is 22.0 Å². The molecule has 0 radical (unpaired) electrons. The monoisotopic (exact) mass is 252 g/mol. The minimum atomic E-state index is -0.436. The Morgan fingerprint density at radius 2 is 2.44 bits per heavy atom. The summed E-state index contributed by atoms with van der Waals surface area (Å²) in [4.78, 5) is 17.9. The molecule has 1 saturated heterocycles. The molecule has 0 bridgehead atoms. The van der Waals surface area contributed by atoms with Gasteiger partial charge in [-0.3, -0.25) is 4.79 Å². The van der Waals surface area contributed by atoms with Crippen molar-refractivity contribution < 1.29 is 9.90 Å². The molecule has 2 rings (SSSR count).